The summed E-state index contributed by atoms with van der Waals surface area (Å²) in [7, 11) is 0. The van der Waals surface area contributed by atoms with Gasteiger partial charge in [-0.1, -0.05) is 29.5 Å². The molecule has 1 aromatic carbocycles. The third-order valence-corrected chi connectivity index (χ3v) is 2.95. The number of aryl methyl sites for hydroxylation is 2. The van der Waals surface area contributed by atoms with Gasteiger partial charge in [0.05, 0.1) is 0 Å². The molecule has 2 N–H and O–H groups in total. The molecule has 0 saturated carbocycles. The van der Waals surface area contributed by atoms with E-state index in [0.29, 0.717) is 16.9 Å². The van der Waals surface area contributed by atoms with E-state index in [1.807, 2.05) is 32.0 Å². The highest BCUT2D eigenvalue weighted by molar-refractivity contribution is 6.04. The Bertz CT molecular complexity index is 727. The Morgan fingerprint density at radius 3 is 2.86 bits per heavy atom. The third-order valence-electron chi connectivity index (χ3n) is 2.95. The maximum absolute atomic E-state index is 12.3. The van der Waals surface area contributed by atoms with Crippen LogP contribution in [-0.4, -0.2) is 22.6 Å². The molecule has 1 aromatic heterocycles. The largest absolute Gasteiger partial charge is 0.384 e. The summed E-state index contributed by atoms with van der Waals surface area (Å²) in [4.78, 5) is 16.4. The molecule has 0 aliphatic rings. The molecule has 0 spiro atoms. The molecule has 1 amide bonds. The van der Waals surface area contributed by atoms with Gasteiger partial charge in [0.15, 0.2) is 0 Å². The Hall–Kier alpha value is -2.64. The van der Waals surface area contributed by atoms with E-state index in [0.717, 1.165) is 11.1 Å². The first-order valence-electron chi connectivity index (χ1n) is 6.54. The van der Waals surface area contributed by atoms with E-state index in [9.17, 15) is 4.79 Å². The summed E-state index contributed by atoms with van der Waals surface area (Å²) in [6.07, 6.45) is 1.57. The molecule has 0 bridgehead atoms. The summed E-state index contributed by atoms with van der Waals surface area (Å²) >= 11 is 0. The lowest BCUT2D eigenvalue weighted by atomic mass is 10.1. The minimum atomic E-state index is -0.202. The van der Waals surface area contributed by atoms with Crippen LogP contribution in [0.2, 0.25) is 0 Å². The van der Waals surface area contributed by atoms with E-state index in [1.165, 1.54) is 0 Å². The van der Waals surface area contributed by atoms with Gasteiger partial charge < -0.3 is 10.4 Å². The van der Waals surface area contributed by atoms with Crippen molar-refractivity contribution in [1.29, 1.82) is 0 Å². The maximum Gasteiger partial charge on any atom is 0.257 e. The number of hydrogen-bond acceptors (Lipinski definition) is 3. The van der Waals surface area contributed by atoms with Crippen molar-refractivity contribution in [3.05, 3.63) is 58.8 Å². The van der Waals surface area contributed by atoms with Gasteiger partial charge in [0, 0.05) is 17.3 Å². The van der Waals surface area contributed by atoms with E-state index in [-0.39, 0.29) is 12.5 Å². The van der Waals surface area contributed by atoms with Gasteiger partial charge in [-0.3, -0.25) is 4.79 Å². The van der Waals surface area contributed by atoms with Gasteiger partial charge in [-0.15, -0.1) is 0 Å². The normalized spacial score (nSPS) is 9.67. The van der Waals surface area contributed by atoms with Gasteiger partial charge in [-0.25, -0.2) is 4.98 Å². The number of carbonyl (C=O) groups excluding carboxylic acids is 1. The Morgan fingerprint density at radius 1 is 1.29 bits per heavy atom. The second-order valence-electron chi connectivity index (χ2n) is 4.66. The predicted molar refractivity (Wildman–Crippen MR) is 82.1 cm³/mol. The Morgan fingerprint density at radius 2 is 2.10 bits per heavy atom. The molecule has 0 fully saturated rings. The minimum absolute atomic E-state index is 0.198. The van der Waals surface area contributed by atoms with Gasteiger partial charge in [-0.2, -0.15) is 0 Å². The standard InChI is InChI=1S/C17H16N2O2/c1-12-5-6-13(2)15(10-12)17(21)19-16-11-14(4-3-9-20)7-8-18-16/h5-8,10-11,20H,9H2,1-2H3,(H,18,19,21). The van der Waals surface area contributed by atoms with Crippen LogP contribution in [0.5, 0.6) is 0 Å². The van der Waals surface area contributed by atoms with Crippen molar-refractivity contribution >= 4 is 11.7 Å². The van der Waals surface area contributed by atoms with Gasteiger partial charge >= 0.3 is 0 Å². The fourth-order valence-corrected chi connectivity index (χ4v) is 1.88. The van der Waals surface area contributed by atoms with Crippen molar-refractivity contribution in [3.8, 4) is 11.8 Å². The highest BCUT2D eigenvalue weighted by Gasteiger charge is 2.10. The summed E-state index contributed by atoms with van der Waals surface area (Å²) in [5.41, 5.74) is 3.26. The number of aromatic nitrogens is 1. The fraction of sp³-hybridized carbons (Fsp3) is 0.176. The molecule has 2 aromatic rings. The van der Waals surface area contributed by atoms with Crippen LogP contribution < -0.4 is 5.32 Å². The van der Waals surface area contributed by atoms with Crippen LogP contribution in [0.25, 0.3) is 0 Å². The third kappa shape index (κ3) is 3.91. The molecule has 0 aliphatic carbocycles. The second-order valence-corrected chi connectivity index (χ2v) is 4.66. The van der Waals surface area contributed by atoms with E-state index < -0.39 is 0 Å². The van der Waals surface area contributed by atoms with Gasteiger partial charge in [0.25, 0.3) is 5.91 Å². The number of amides is 1. The van der Waals surface area contributed by atoms with Crippen LogP contribution in [0.15, 0.2) is 36.5 Å². The molecule has 4 nitrogen and oxygen atoms in total. The quantitative estimate of drug-likeness (QED) is 0.830. The SMILES string of the molecule is Cc1ccc(C)c(C(=O)Nc2cc(C#CCO)ccn2)c1. The van der Waals surface area contributed by atoms with Gasteiger partial charge in [0.1, 0.15) is 12.4 Å². The Labute approximate surface area is 123 Å². The number of nitrogens with one attached hydrogen (secondary N) is 1. The summed E-state index contributed by atoms with van der Waals surface area (Å²) in [5.74, 6) is 5.57. The number of anilines is 1. The van der Waals surface area contributed by atoms with Crippen LogP contribution in [0, 0.1) is 25.7 Å². The molecule has 0 radical (unpaired) electrons. The highest BCUT2D eigenvalue weighted by Crippen LogP contribution is 2.13. The molecule has 106 valence electrons. The molecule has 0 atom stereocenters. The molecule has 0 unspecified atom stereocenters. The number of carbonyl (C=O) groups is 1. The predicted octanol–water partition coefficient (Wildman–Crippen LogP) is 2.29. The highest BCUT2D eigenvalue weighted by atomic mass is 16.2. The lowest BCUT2D eigenvalue weighted by molar-refractivity contribution is 0.102. The first kappa shape index (κ1) is 14.8. The van der Waals surface area contributed by atoms with E-state index in [1.54, 1.807) is 18.3 Å². The van der Waals surface area contributed by atoms with E-state index in [4.69, 9.17) is 5.11 Å². The van der Waals surface area contributed by atoms with Gasteiger partial charge in [0.2, 0.25) is 0 Å². The molecule has 0 aliphatic heterocycles. The van der Waals surface area contributed by atoms with Crippen molar-refractivity contribution in [2.24, 2.45) is 0 Å². The molecule has 4 heteroatoms. The molecular weight excluding hydrogens is 264 g/mol. The van der Waals surface area contributed by atoms with Crippen LogP contribution in [0.4, 0.5) is 5.82 Å². The summed E-state index contributed by atoms with van der Waals surface area (Å²) in [6.45, 7) is 3.64. The van der Waals surface area contributed by atoms with Crippen molar-refractivity contribution in [2.45, 2.75) is 13.8 Å². The average molecular weight is 280 g/mol. The summed E-state index contributed by atoms with van der Waals surface area (Å²) < 4.78 is 0. The van der Waals surface area contributed by atoms with Crippen LogP contribution in [0.1, 0.15) is 27.0 Å². The lowest BCUT2D eigenvalue weighted by Crippen LogP contribution is -2.14. The minimum Gasteiger partial charge on any atom is -0.384 e. The number of pyridine rings is 1. The molecule has 2 rings (SSSR count). The van der Waals surface area contributed by atoms with Crippen LogP contribution in [-0.2, 0) is 0 Å². The van der Waals surface area contributed by atoms with Crippen molar-refractivity contribution < 1.29 is 9.90 Å². The Kier molecular flexibility index (Phi) is 4.70. The lowest BCUT2D eigenvalue weighted by Gasteiger charge is -2.08. The zero-order valence-electron chi connectivity index (χ0n) is 12.0. The van der Waals surface area contributed by atoms with E-state index in [2.05, 4.69) is 22.1 Å². The number of aliphatic hydroxyl groups is 1. The van der Waals surface area contributed by atoms with Crippen molar-refractivity contribution in [1.82, 2.24) is 4.98 Å². The maximum atomic E-state index is 12.3. The number of aliphatic hydroxyl groups excluding tert-OH is 1. The van der Waals surface area contributed by atoms with E-state index >= 15 is 0 Å². The fourth-order valence-electron chi connectivity index (χ4n) is 1.88. The van der Waals surface area contributed by atoms with Crippen molar-refractivity contribution in [2.75, 3.05) is 11.9 Å². The Balaban J connectivity index is 2.21. The molecule has 1 heterocycles. The number of hydrogen-bond donors (Lipinski definition) is 2. The first-order valence-corrected chi connectivity index (χ1v) is 6.54. The van der Waals surface area contributed by atoms with Crippen molar-refractivity contribution in [3.63, 3.8) is 0 Å². The van der Waals surface area contributed by atoms with Crippen LogP contribution in [0.3, 0.4) is 0 Å². The summed E-state index contributed by atoms with van der Waals surface area (Å²) in [5, 5.41) is 11.5. The number of nitrogens with zero attached hydrogens (tertiary/aromatic N) is 1. The summed E-state index contributed by atoms with van der Waals surface area (Å²) in [6, 6.07) is 9.12. The molecular formula is C17H16N2O2. The second kappa shape index (κ2) is 6.69. The smallest absolute Gasteiger partial charge is 0.257 e. The average Bonchev–Trinajstić information content (AvgIpc) is 2.48. The van der Waals surface area contributed by atoms with Crippen LogP contribution >= 0.6 is 0 Å². The molecule has 0 saturated heterocycles. The zero-order valence-corrected chi connectivity index (χ0v) is 12.0. The zero-order chi connectivity index (χ0) is 15.2. The van der Waals surface area contributed by atoms with Gasteiger partial charge in [-0.05, 0) is 37.6 Å². The first-order chi connectivity index (χ1) is 10.1. The topological polar surface area (TPSA) is 62.2 Å². The monoisotopic (exact) mass is 280 g/mol. The number of benzene rings is 1. The number of rotatable bonds is 2. The molecule has 21 heavy (non-hydrogen) atoms.